The highest BCUT2D eigenvalue weighted by Gasteiger charge is 2.27. The molecule has 1 aliphatic heterocycles. The summed E-state index contributed by atoms with van der Waals surface area (Å²) in [4.78, 5) is 23.6. The van der Waals surface area contributed by atoms with Crippen LogP contribution in [0.25, 0.3) is 5.82 Å². The Morgan fingerprint density at radius 2 is 2.11 bits per heavy atom. The van der Waals surface area contributed by atoms with E-state index in [4.69, 9.17) is 4.74 Å². The summed E-state index contributed by atoms with van der Waals surface area (Å²) in [6.07, 6.45) is 6.86. The van der Waals surface area contributed by atoms with E-state index in [0.717, 1.165) is 36.6 Å². The lowest BCUT2D eigenvalue weighted by molar-refractivity contribution is -0.120. The lowest BCUT2D eigenvalue weighted by Crippen LogP contribution is -2.41. The van der Waals surface area contributed by atoms with Gasteiger partial charge < -0.3 is 15.0 Å². The summed E-state index contributed by atoms with van der Waals surface area (Å²) in [5.74, 6) is 2.13. The molecule has 28 heavy (non-hydrogen) atoms. The third-order valence-corrected chi connectivity index (χ3v) is 4.83. The van der Waals surface area contributed by atoms with Gasteiger partial charge in [0.2, 0.25) is 5.91 Å². The van der Waals surface area contributed by atoms with Gasteiger partial charge in [-0.25, -0.2) is 14.6 Å². The number of carbonyl (C=O) groups excluding carboxylic acids is 1. The van der Waals surface area contributed by atoms with Gasteiger partial charge in [-0.15, -0.1) is 0 Å². The highest BCUT2D eigenvalue weighted by molar-refractivity contribution is 5.93. The van der Waals surface area contributed by atoms with Crippen molar-refractivity contribution >= 4 is 17.4 Å². The summed E-state index contributed by atoms with van der Waals surface area (Å²) in [6, 6.07) is 11.1. The number of nitrogens with zero attached hydrogens (tertiary/aromatic N) is 5. The number of hydrogen-bond acceptors (Lipinski definition) is 6. The van der Waals surface area contributed by atoms with Crippen LogP contribution in [0.5, 0.6) is 5.75 Å². The second kappa shape index (κ2) is 8.08. The van der Waals surface area contributed by atoms with E-state index in [0.29, 0.717) is 12.4 Å². The lowest BCUT2D eigenvalue weighted by Gasteiger charge is -2.32. The van der Waals surface area contributed by atoms with Crippen LogP contribution in [0.4, 0.5) is 11.5 Å². The summed E-state index contributed by atoms with van der Waals surface area (Å²) >= 11 is 0. The predicted molar refractivity (Wildman–Crippen MR) is 106 cm³/mol. The molecule has 4 rings (SSSR count). The molecule has 0 spiro atoms. The van der Waals surface area contributed by atoms with Gasteiger partial charge in [0.15, 0.2) is 5.82 Å². The molecular formula is C20H22N6O2. The van der Waals surface area contributed by atoms with Crippen molar-refractivity contribution in [1.29, 1.82) is 0 Å². The number of benzene rings is 1. The normalized spacial score (nSPS) is 16.6. The summed E-state index contributed by atoms with van der Waals surface area (Å²) in [5, 5.41) is 7.21. The standard InChI is InChI=1S/C20H22N6O2/c1-28-17-7-2-6-16(11-17)24-20(27)15-5-3-9-25(13-15)18-12-19(22-14-21-18)26-10-4-8-23-26/h2,4,6-8,10-12,14-15H,3,5,9,13H2,1H3,(H,24,27). The number of rotatable bonds is 5. The molecule has 8 heteroatoms. The molecule has 1 amide bonds. The summed E-state index contributed by atoms with van der Waals surface area (Å²) in [7, 11) is 1.61. The third-order valence-electron chi connectivity index (χ3n) is 4.83. The average molecular weight is 378 g/mol. The van der Waals surface area contributed by atoms with E-state index in [1.165, 1.54) is 6.33 Å². The molecule has 1 unspecified atom stereocenters. The molecule has 144 valence electrons. The number of amides is 1. The first kappa shape index (κ1) is 18.0. The third kappa shape index (κ3) is 3.95. The molecule has 1 N–H and O–H groups in total. The van der Waals surface area contributed by atoms with Crippen molar-refractivity contribution in [3.8, 4) is 11.6 Å². The number of nitrogens with one attached hydrogen (secondary N) is 1. The monoisotopic (exact) mass is 378 g/mol. The molecule has 0 bridgehead atoms. The second-order valence-electron chi connectivity index (χ2n) is 6.69. The summed E-state index contributed by atoms with van der Waals surface area (Å²) < 4.78 is 6.91. The van der Waals surface area contributed by atoms with Gasteiger partial charge in [-0.2, -0.15) is 5.10 Å². The smallest absolute Gasteiger partial charge is 0.229 e. The molecular weight excluding hydrogens is 356 g/mol. The van der Waals surface area contributed by atoms with Crippen molar-refractivity contribution in [2.24, 2.45) is 5.92 Å². The number of methoxy groups -OCH3 is 1. The van der Waals surface area contributed by atoms with Crippen molar-refractivity contribution < 1.29 is 9.53 Å². The average Bonchev–Trinajstić information content (AvgIpc) is 3.29. The highest BCUT2D eigenvalue weighted by atomic mass is 16.5. The minimum Gasteiger partial charge on any atom is -0.497 e. The van der Waals surface area contributed by atoms with Crippen LogP contribution in [0.3, 0.4) is 0 Å². The zero-order valence-corrected chi connectivity index (χ0v) is 15.7. The number of ether oxygens (including phenoxy) is 1. The Morgan fingerprint density at radius 1 is 1.21 bits per heavy atom. The molecule has 3 aromatic rings. The van der Waals surface area contributed by atoms with E-state index >= 15 is 0 Å². The zero-order chi connectivity index (χ0) is 19.3. The van der Waals surface area contributed by atoms with Gasteiger partial charge >= 0.3 is 0 Å². The second-order valence-corrected chi connectivity index (χ2v) is 6.69. The molecule has 2 aromatic heterocycles. The quantitative estimate of drug-likeness (QED) is 0.734. The number of hydrogen-bond donors (Lipinski definition) is 1. The van der Waals surface area contributed by atoms with Crippen LogP contribution in [0.1, 0.15) is 12.8 Å². The minimum atomic E-state index is -0.108. The Morgan fingerprint density at radius 3 is 2.93 bits per heavy atom. The topological polar surface area (TPSA) is 85.2 Å². The van der Waals surface area contributed by atoms with Crippen molar-refractivity contribution in [3.63, 3.8) is 0 Å². The number of carbonyl (C=O) groups is 1. The number of piperidine rings is 1. The van der Waals surface area contributed by atoms with Crippen LogP contribution in [-0.4, -0.2) is 45.9 Å². The maximum Gasteiger partial charge on any atom is 0.229 e. The largest absolute Gasteiger partial charge is 0.497 e. The Balaban J connectivity index is 1.45. The Labute approximate surface area is 163 Å². The van der Waals surface area contributed by atoms with Crippen LogP contribution in [0, 0.1) is 5.92 Å². The summed E-state index contributed by atoms with van der Waals surface area (Å²) in [5.41, 5.74) is 0.740. The van der Waals surface area contributed by atoms with Crippen LogP contribution in [-0.2, 0) is 4.79 Å². The van der Waals surface area contributed by atoms with Gasteiger partial charge in [-0.1, -0.05) is 6.07 Å². The fraction of sp³-hybridized carbons (Fsp3) is 0.300. The van der Waals surface area contributed by atoms with Gasteiger partial charge in [0.1, 0.15) is 17.9 Å². The Bertz CT molecular complexity index is 943. The molecule has 1 aliphatic rings. The van der Waals surface area contributed by atoms with E-state index < -0.39 is 0 Å². The first-order chi connectivity index (χ1) is 13.7. The zero-order valence-electron chi connectivity index (χ0n) is 15.7. The molecule has 3 heterocycles. The van der Waals surface area contributed by atoms with Crippen molar-refractivity contribution in [1.82, 2.24) is 19.7 Å². The molecule has 0 aliphatic carbocycles. The molecule has 1 aromatic carbocycles. The highest BCUT2D eigenvalue weighted by Crippen LogP contribution is 2.24. The van der Waals surface area contributed by atoms with Crippen LogP contribution < -0.4 is 15.0 Å². The Kier molecular flexibility index (Phi) is 5.18. The van der Waals surface area contributed by atoms with E-state index in [1.54, 1.807) is 18.0 Å². The maximum atomic E-state index is 12.8. The first-order valence-electron chi connectivity index (χ1n) is 9.25. The van der Waals surface area contributed by atoms with E-state index in [1.807, 2.05) is 42.6 Å². The molecule has 0 saturated carbocycles. The minimum absolute atomic E-state index is 0.0132. The fourth-order valence-corrected chi connectivity index (χ4v) is 3.38. The molecule has 0 radical (unpaired) electrons. The van der Waals surface area contributed by atoms with Crippen LogP contribution in [0.2, 0.25) is 0 Å². The van der Waals surface area contributed by atoms with Crippen molar-refractivity contribution in [2.45, 2.75) is 12.8 Å². The summed E-state index contributed by atoms with van der Waals surface area (Å²) in [6.45, 7) is 1.48. The van der Waals surface area contributed by atoms with Crippen molar-refractivity contribution in [3.05, 3.63) is 55.1 Å². The van der Waals surface area contributed by atoms with E-state index in [2.05, 4.69) is 25.3 Å². The Hall–Kier alpha value is -3.42. The van der Waals surface area contributed by atoms with Gasteiger partial charge in [-0.3, -0.25) is 4.79 Å². The van der Waals surface area contributed by atoms with E-state index in [-0.39, 0.29) is 11.8 Å². The predicted octanol–water partition coefficient (Wildman–Crippen LogP) is 2.53. The van der Waals surface area contributed by atoms with Gasteiger partial charge in [0.05, 0.1) is 13.0 Å². The lowest BCUT2D eigenvalue weighted by atomic mass is 9.97. The molecule has 1 saturated heterocycles. The maximum absolute atomic E-state index is 12.8. The van der Waals surface area contributed by atoms with Gasteiger partial charge in [-0.05, 0) is 31.0 Å². The SMILES string of the molecule is COc1cccc(NC(=O)C2CCCN(c3cc(-n4cccn4)ncn3)C2)c1. The number of anilines is 2. The molecule has 8 nitrogen and oxygen atoms in total. The van der Waals surface area contributed by atoms with Crippen molar-refractivity contribution in [2.75, 3.05) is 30.4 Å². The van der Waals surface area contributed by atoms with Crippen LogP contribution >= 0.6 is 0 Å². The molecule has 1 fully saturated rings. The van der Waals surface area contributed by atoms with Gasteiger partial charge in [0.25, 0.3) is 0 Å². The van der Waals surface area contributed by atoms with Crippen LogP contribution in [0.15, 0.2) is 55.1 Å². The van der Waals surface area contributed by atoms with Gasteiger partial charge in [0, 0.05) is 43.3 Å². The first-order valence-corrected chi connectivity index (χ1v) is 9.25. The fourth-order valence-electron chi connectivity index (χ4n) is 3.38. The molecule has 1 atom stereocenters. The van der Waals surface area contributed by atoms with E-state index in [9.17, 15) is 4.79 Å². The number of aromatic nitrogens is 4.